The molecule has 3 amide bonds. The van der Waals surface area contributed by atoms with Crippen molar-refractivity contribution in [3.05, 3.63) is 83.7 Å². The molecule has 2 heterocycles. The average Bonchev–Trinajstić information content (AvgIpc) is 3.27. The quantitative estimate of drug-likeness (QED) is 0.472. The molecule has 0 unspecified atom stereocenters. The van der Waals surface area contributed by atoms with Crippen LogP contribution in [0.2, 0.25) is 0 Å². The molecule has 1 aliphatic heterocycles. The smallest absolute Gasteiger partial charge is 0.274 e. The van der Waals surface area contributed by atoms with Crippen LogP contribution in [0.25, 0.3) is 0 Å². The molecule has 0 saturated carbocycles. The molecule has 1 aliphatic rings. The maximum atomic E-state index is 13.3. The van der Waals surface area contributed by atoms with Crippen LogP contribution in [0.15, 0.2) is 66.7 Å². The van der Waals surface area contributed by atoms with Crippen molar-refractivity contribution in [3.63, 3.8) is 0 Å². The highest BCUT2D eigenvalue weighted by molar-refractivity contribution is 5.98. The van der Waals surface area contributed by atoms with Crippen LogP contribution in [0.1, 0.15) is 39.4 Å². The van der Waals surface area contributed by atoms with Crippen LogP contribution in [0, 0.1) is 0 Å². The second-order valence-corrected chi connectivity index (χ2v) is 8.65. The summed E-state index contributed by atoms with van der Waals surface area (Å²) in [7, 11) is 1.56. The van der Waals surface area contributed by atoms with Crippen LogP contribution in [0.5, 0.6) is 0 Å². The number of nitrogens with one attached hydrogen (secondary N) is 1. The van der Waals surface area contributed by atoms with Gasteiger partial charge in [-0.3, -0.25) is 19.1 Å². The van der Waals surface area contributed by atoms with Crippen LogP contribution in [-0.2, 0) is 22.6 Å². The van der Waals surface area contributed by atoms with E-state index in [1.54, 1.807) is 27.7 Å². The molecule has 1 aromatic heterocycles. The van der Waals surface area contributed by atoms with Crippen molar-refractivity contribution in [1.29, 1.82) is 0 Å². The van der Waals surface area contributed by atoms with E-state index in [2.05, 4.69) is 10.4 Å². The number of hydrogen-bond donors (Lipinski definition) is 1. The Hall–Kier alpha value is -3.98. The molecule has 0 aliphatic carbocycles. The Morgan fingerprint density at radius 3 is 2.47 bits per heavy atom. The first-order chi connectivity index (χ1) is 17.5. The van der Waals surface area contributed by atoms with Crippen LogP contribution in [0.3, 0.4) is 0 Å². The molecule has 9 nitrogen and oxygen atoms in total. The number of aryl methyl sites for hydroxylation is 1. The first kappa shape index (κ1) is 25.1. The molecule has 188 valence electrons. The molecular weight excluding hydrogens is 458 g/mol. The Morgan fingerprint density at radius 2 is 1.75 bits per heavy atom. The van der Waals surface area contributed by atoms with Gasteiger partial charge in [0.25, 0.3) is 11.8 Å². The second-order valence-electron chi connectivity index (χ2n) is 8.65. The number of carbonyl (C=O) groups is 3. The monoisotopic (exact) mass is 489 g/mol. The van der Waals surface area contributed by atoms with Crippen LogP contribution >= 0.6 is 0 Å². The molecule has 0 fully saturated rings. The van der Waals surface area contributed by atoms with Crippen molar-refractivity contribution in [2.75, 3.05) is 38.7 Å². The molecular formula is C27H31N5O4. The van der Waals surface area contributed by atoms with Gasteiger partial charge < -0.3 is 19.9 Å². The summed E-state index contributed by atoms with van der Waals surface area (Å²) in [5.74, 6) is -0.667. The number of benzene rings is 2. The van der Waals surface area contributed by atoms with E-state index >= 15 is 0 Å². The summed E-state index contributed by atoms with van der Waals surface area (Å²) in [4.78, 5) is 42.4. The van der Waals surface area contributed by atoms with Crippen molar-refractivity contribution >= 4 is 23.4 Å². The number of fused-ring (bicyclic) bond motifs is 1. The molecule has 4 rings (SSSR count). The third-order valence-corrected chi connectivity index (χ3v) is 6.04. The lowest BCUT2D eigenvalue weighted by Crippen LogP contribution is -2.36. The summed E-state index contributed by atoms with van der Waals surface area (Å²) in [6.07, 6.45) is 0.871. The van der Waals surface area contributed by atoms with Gasteiger partial charge in [-0.1, -0.05) is 48.5 Å². The van der Waals surface area contributed by atoms with Gasteiger partial charge in [0.1, 0.15) is 5.69 Å². The molecule has 0 atom stereocenters. The fourth-order valence-corrected chi connectivity index (χ4v) is 4.15. The number of carbonyl (C=O) groups excluding carboxylic acids is 3. The number of nitrogens with zero attached hydrogens (tertiary/aromatic N) is 4. The van der Waals surface area contributed by atoms with Gasteiger partial charge in [-0.2, -0.15) is 5.10 Å². The van der Waals surface area contributed by atoms with Gasteiger partial charge >= 0.3 is 0 Å². The normalized spacial score (nSPS) is 13.1. The highest BCUT2D eigenvalue weighted by Crippen LogP contribution is 2.18. The fourth-order valence-electron chi connectivity index (χ4n) is 4.15. The lowest BCUT2D eigenvalue weighted by molar-refractivity contribution is -0.116. The lowest BCUT2D eigenvalue weighted by Gasteiger charge is -2.21. The van der Waals surface area contributed by atoms with Gasteiger partial charge in [-0.15, -0.1) is 0 Å². The van der Waals surface area contributed by atoms with Gasteiger partial charge in [0, 0.05) is 58.0 Å². The molecule has 3 aromatic rings. The highest BCUT2D eigenvalue weighted by atomic mass is 16.5. The number of para-hydroxylation sites is 1. The van der Waals surface area contributed by atoms with Crippen LogP contribution < -0.4 is 5.32 Å². The summed E-state index contributed by atoms with van der Waals surface area (Å²) in [6.45, 7) is 2.52. The van der Waals surface area contributed by atoms with Crippen molar-refractivity contribution in [2.45, 2.75) is 25.9 Å². The topological polar surface area (TPSA) is 96.8 Å². The zero-order valence-electron chi connectivity index (χ0n) is 20.4. The number of amides is 3. The Bertz CT molecular complexity index is 1180. The molecule has 2 aromatic carbocycles. The first-order valence-corrected chi connectivity index (χ1v) is 12.1. The first-order valence-electron chi connectivity index (χ1n) is 12.1. The number of rotatable bonds is 10. The standard InChI is InChI=1S/C27H31N5O4/c1-36-18-17-30(16-13-25(33)28-22-11-6-3-7-12-22)26(34)23-19-24-27(35)31(14-8-15-32(24)29-23)20-21-9-4-2-5-10-21/h2-7,9-12,19H,8,13-18,20H2,1H3,(H,28,33). The number of methoxy groups -OCH3 is 1. The number of hydrogen-bond acceptors (Lipinski definition) is 5. The van der Waals surface area contributed by atoms with Gasteiger partial charge in [-0.25, -0.2) is 0 Å². The number of anilines is 1. The van der Waals surface area contributed by atoms with E-state index in [-0.39, 0.29) is 36.4 Å². The van der Waals surface area contributed by atoms with Gasteiger partial charge in [-0.05, 0) is 24.1 Å². The molecule has 0 bridgehead atoms. The van der Waals surface area contributed by atoms with E-state index in [4.69, 9.17) is 4.74 Å². The maximum Gasteiger partial charge on any atom is 0.274 e. The Morgan fingerprint density at radius 1 is 1.03 bits per heavy atom. The van der Waals surface area contributed by atoms with Crippen molar-refractivity contribution in [3.8, 4) is 0 Å². The Balaban J connectivity index is 1.44. The second kappa shape index (κ2) is 12.1. The molecule has 1 N–H and O–H groups in total. The van der Waals surface area contributed by atoms with Crippen LogP contribution in [-0.4, -0.2) is 70.7 Å². The van der Waals surface area contributed by atoms with Crippen LogP contribution in [0.4, 0.5) is 5.69 Å². The summed E-state index contributed by atoms with van der Waals surface area (Å²) in [5, 5.41) is 7.29. The predicted octanol–water partition coefficient (Wildman–Crippen LogP) is 3.05. The van der Waals surface area contributed by atoms with Gasteiger partial charge in [0.2, 0.25) is 5.91 Å². The molecule has 36 heavy (non-hydrogen) atoms. The SMILES string of the molecule is COCCN(CCC(=O)Nc1ccccc1)C(=O)c1cc2n(n1)CCCN(Cc1ccccc1)C2=O. The number of aromatic nitrogens is 2. The van der Waals surface area contributed by atoms with E-state index in [0.29, 0.717) is 44.2 Å². The Labute approximate surface area is 210 Å². The minimum absolute atomic E-state index is 0.127. The number of ether oxygens (including phenoxy) is 1. The summed E-state index contributed by atoms with van der Waals surface area (Å²) in [5.41, 5.74) is 2.35. The lowest BCUT2D eigenvalue weighted by atomic mass is 10.2. The predicted molar refractivity (Wildman–Crippen MR) is 135 cm³/mol. The summed E-state index contributed by atoms with van der Waals surface area (Å²) >= 11 is 0. The van der Waals surface area contributed by atoms with E-state index in [1.807, 2.05) is 60.7 Å². The molecule has 0 saturated heterocycles. The average molecular weight is 490 g/mol. The van der Waals surface area contributed by atoms with Gasteiger partial charge in [0.15, 0.2) is 5.69 Å². The third kappa shape index (κ3) is 6.37. The van der Waals surface area contributed by atoms with Crippen molar-refractivity contribution in [1.82, 2.24) is 19.6 Å². The van der Waals surface area contributed by atoms with E-state index in [1.165, 1.54) is 0 Å². The minimum atomic E-state index is -0.331. The third-order valence-electron chi connectivity index (χ3n) is 6.04. The zero-order chi connectivity index (χ0) is 25.3. The minimum Gasteiger partial charge on any atom is -0.383 e. The maximum absolute atomic E-state index is 13.3. The largest absolute Gasteiger partial charge is 0.383 e. The zero-order valence-corrected chi connectivity index (χ0v) is 20.4. The summed E-state index contributed by atoms with van der Waals surface area (Å²) < 4.78 is 6.79. The van der Waals surface area contributed by atoms with E-state index in [0.717, 1.165) is 12.0 Å². The molecule has 0 radical (unpaired) electrons. The van der Waals surface area contributed by atoms with E-state index in [9.17, 15) is 14.4 Å². The summed E-state index contributed by atoms with van der Waals surface area (Å²) in [6, 6.07) is 20.6. The van der Waals surface area contributed by atoms with Crippen molar-refractivity contribution < 1.29 is 19.1 Å². The Kier molecular flexibility index (Phi) is 8.46. The molecule has 9 heteroatoms. The fraction of sp³-hybridized carbons (Fsp3) is 0.333. The van der Waals surface area contributed by atoms with Crippen molar-refractivity contribution in [2.24, 2.45) is 0 Å². The van der Waals surface area contributed by atoms with E-state index < -0.39 is 0 Å². The highest BCUT2D eigenvalue weighted by Gasteiger charge is 2.28. The molecule has 0 spiro atoms. The van der Waals surface area contributed by atoms with Gasteiger partial charge in [0.05, 0.1) is 6.61 Å².